The molecule has 5 heteroatoms. The Kier molecular flexibility index (Phi) is 5.28. The van der Waals surface area contributed by atoms with Gasteiger partial charge in [-0.2, -0.15) is 0 Å². The van der Waals surface area contributed by atoms with Crippen molar-refractivity contribution < 1.29 is 9.15 Å². The van der Waals surface area contributed by atoms with Crippen LogP contribution in [-0.4, -0.2) is 30.5 Å². The van der Waals surface area contributed by atoms with E-state index in [9.17, 15) is 0 Å². The molecule has 1 rings (SSSR count). The number of hydrogen-bond donors (Lipinski definition) is 1. The van der Waals surface area contributed by atoms with Crippen molar-refractivity contribution >= 4 is 0 Å². The van der Waals surface area contributed by atoms with Crippen LogP contribution in [0.2, 0.25) is 0 Å². The van der Waals surface area contributed by atoms with Crippen LogP contribution in [0, 0.1) is 0 Å². The first-order valence-electron chi connectivity index (χ1n) is 5.36. The molecule has 1 aromatic rings. The van der Waals surface area contributed by atoms with E-state index in [4.69, 9.17) is 9.15 Å². The lowest BCUT2D eigenvalue weighted by Gasteiger charge is -2.09. The Morgan fingerprint density at radius 2 is 2.20 bits per heavy atom. The maximum absolute atomic E-state index is 5.53. The Balaban J connectivity index is 2.56. The third-order valence-electron chi connectivity index (χ3n) is 2.16. The Hall–Kier alpha value is -0.940. The highest BCUT2D eigenvalue weighted by atomic mass is 16.5. The van der Waals surface area contributed by atoms with E-state index in [1.807, 2.05) is 0 Å². The van der Waals surface area contributed by atoms with Gasteiger partial charge in [0.2, 0.25) is 11.8 Å². The van der Waals surface area contributed by atoms with E-state index in [1.165, 1.54) is 0 Å². The van der Waals surface area contributed by atoms with Crippen molar-refractivity contribution in [2.75, 3.05) is 20.3 Å². The lowest BCUT2D eigenvalue weighted by Crippen LogP contribution is -2.20. The van der Waals surface area contributed by atoms with Gasteiger partial charge in [-0.15, -0.1) is 10.2 Å². The van der Waals surface area contributed by atoms with Crippen LogP contribution >= 0.6 is 0 Å². The number of rotatable bonds is 7. The zero-order valence-corrected chi connectivity index (χ0v) is 9.62. The van der Waals surface area contributed by atoms with Gasteiger partial charge in [-0.25, -0.2) is 0 Å². The average molecular weight is 213 g/mol. The molecule has 0 saturated carbocycles. The van der Waals surface area contributed by atoms with Crippen LogP contribution in [0.25, 0.3) is 0 Å². The Morgan fingerprint density at radius 3 is 2.80 bits per heavy atom. The molecule has 0 amide bonds. The van der Waals surface area contributed by atoms with E-state index in [0.717, 1.165) is 13.0 Å². The summed E-state index contributed by atoms with van der Waals surface area (Å²) in [5.41, 5.74) is 0. The summed E-state index contributed by atoms with van der Waals surface area (Å²) in [6.07, 6.45) is 1.62. The molecule has 0 fully saturated rings. The first-order valence-corrected chi connectivity index (χ1v) is 5.36. The third-order valence-corrected chi connectivity index (χ3v) is 2.16. The smallest absolute Gasteiger partial charge is 0.233 e. The molecular formula is C10H19N3O2. The Labute approximate surface area is 90.2 Å². The highest BCUT2D eigenvalue weighted by Gasteiger charge is 2.15. The van der Waals surface area contributed by atoms with Crippen molar-refractivity contribution in [2.45, 2.75) is 32.7 Å². The van der Waals surface area contributed by atoms with Crippen molar-refractivity contribution in [2.24, 2.45) is 0 Å². The van der Waals surface area contributed by atoms with Gasteiger partial charge < -0.3 is 14.5 Å². The molecule has 0 aliphatic carbocycles. The summed E-state index contributed by atoms with van der Waals surface area (Å²) in [5, 5.41) is 11.3. The zero-order chi connectivity index (χ0) is 11.1. The molecule has 0 radical (unpaired) electrons. The van der Waals surface area contributed by atoms with E-state index in [1.54, 1.807) is 7.11 Å². The summed E-state index contributed by atoms with van der Waals surface area (Å²) in [6.45, 7) is 5.66. The molecule has 1 unspecified atom stereocenters. The molecule has 0 aromatic carbocycles. The minimum Gasteiger partial charge on any atom is -0.423 e. The fraction of sp³-hybridized carbons (Fsp3) is 0.800. The Bertz CT molecular complexity index is 275. The monoisotopic (exact) mass is 213 g/mol. The largest absolute Gasteiger partial charge is 0.423 e. The number of aromatic nitrogens is 2. The molecule has 1 atom stereocenters. The van der Waals surface area contributed by atoms with Crippen LogP contribution in [0.5, 0.6) is 0 Å². The van der Waals surface area contributed by atoms with Gasteiger partial charge in [-0.3, -0.25) is 0 Å². The van der Waals surface area contributed by atoms with Gasteiger partial charge in [0, 0.05) is 13.5 Å². The minimum absolute atomic E-state index is 0.166. The van der Waals surface area contributed by atoms with E-state index in [0.29, 0.717) is 24.8 Å². The molecular weight excluding hydrogens is 194 g/mol. The third kappa shape index (κ3) is 3.60. The molecule has 15 heavy (non-hydrogen) atoms. The van der Waals surface area contributed by atoms with Gasteiger partial charge >= 0.3 is 0 Å². The molecule has 0 spiro atoms. The summed E-state index contributed by atoms with van der Waals surface area (Å²) in [7, 11) is 1.66. The van der Waals surface area contributed by atoms with Crippen LogP contribution in [-0.2, 0) is 11.2 Å². The van der Waals surface area contributed by atoms with Crippen molar-refractivity contribution in [3.05, 3.63) is 11.8 Å². The molecule has 0 bridgehead atoms. The standard InChI is InChI=1S/C10H19N3O2/c1-4-8(11-5-2)10-13-12-9(15-10)6-7-14-3/h8,11H,4-7H2,1-3H3. The number of nitrogens with zero attached hydrogens (tertiary/aromatic N) is 2. The quantitative estimate of drug-likeness (QED) is 0.740. The van der Waals surface area contributed by atoms with Gasteiger partial charge in [-0.1, -0.05) is 13.8 Å². The predicted molar refractivity (Wildman–Crippen MR) is 56.6 cm³/mol. The molecule has 1 N–H and O–H groups in total. The maximum Gasteiger partial charge on any atom is 0.233 e. The SMILES string of the molecule is CCNC(CC)c1nnc(CCOC)o1. The molecule has 0 aliphatic heterocycles. The number of methoxy groups -OCH3 is 1. The summed E-state index contributed by atoms with van der Waals surface area (Å²) in [4.78, 5) is 0. The van der Waals surface area contributed by atoms with Gasteiger partial charge in [0.15, 0.2) is 0 Å². The van der Waals surface area contributed by atoms with E-state index in [2.05, 4.69) is 29.4 Å². The van der Waals surface area contributed by atoms with Crippen LogP contribution < -0.4 is 5.32 Å². The first-order chi connectivity index (χ1) is 7.31. The topological polar surface area (TPSA) is 60.2 Å². The van der Waals surface area contributed by atoms with Crippen molar-refractivity contribution in [1.29, 1.82) is 0 Å². The molecule has 86 valence electrons. The highest BCUT2D eigenvalue weighted by Crippen LogP contribution is 2.14. The molecule has 0 aliphatic rings. The molecule has 1 aromatic heterocycles. The van der Waals surface area contributed by atoms with E-state index < -0.39 is 0 Å². The van der Waals surface area contributed by atoms with Crippen LogP contribution in [0.15, 0.2) is 4.42 Å². The lowest BCUT2D eigenvalue weighted by atomic mass is 10.2. The first kappa shape index (κ1) is 12.1. The second kappa shape index (κ2) is 6.53. The van der Waals surface area contributed by atoms with Crippen molar-refractivity contribution in [3.63, 3.8) is 0 Å². The number of ether oxygens (including phenoxy) is 1. The second-order valence-corrected chi connectivity index (χ2v) is 3.30. The summed E-state index contributed by atoms with van der Waals surface area (Å²) < 4.78 is 10.5. The zero-order valence-electron chi connectivity index (χ0n) is 9.62. The van der Waals surface area contributed by atoms with Crippen LogP contribution in [0.4, 0.5) is 0 Å². The van der Waals surface area contributed by atoms with Crippen molar-refractivity contribution in [1.82, 2.24) is 15.5 Å². The fourth-order valence-corrected chi connectivity index (χ4v) is 1.35. The van der Waals surface area contributed by atoms with Gasteiger partial charge in [0.05, 0.1) is 12.6 Å². The molecule has 5 nitrogen and oxygen atoms in total. The van der Waals surface area contributed by atoms with Gasteiger partial charge in [0.1, 0.15) is 0 Å². The van der Waals surface area contributed by atoms with Gasteiger partial charge in [0.25, 0.3) is 0 Å². The van der Waals surface area contributed by atoms with Gasteiger partial charge in [-0.05, 0) is 13.0 Å². The van der Waals surface area contributed by atoms with Crippen molar-refractivity contribution in [3.8, 4) is 0 Å². The Morgan fingerprint density at radius 1 is 1.40 bits per heavy atom. The minimum atomic E-state index is 0.166. The maximum atomic E-state index is 5.53. The summed E-state index contributed by atoms with van der Waals surface area (Å²) in [6, 6.07) is 0.166. The van der Waals surface area contributed by atoms with Crippen LogP contribution in [0.3, 0.4) is 0 Å². The normalized spacial score (nSPS) is 13.0. The predicted octanol–water partition coefficient (Wildman–Crippen LogP) is 1.32. The lowest BCUT2D eigenvalue weighted by molar-refractivity contribution is 0.194. The number of hydrogen-bond acceptors (Lipinski definition) is 5. The molecule has 0 saturated heterocycles. The summed E-state index contributed by atoms with van der Waals surface area (Å²) >= 11 is 0. The van der Waals surface area contributed by atoms with Crippen LogP contribution in [0.1, 0.15) is 38.1 Å². The fourth-order valence-electron chi connectivity index (χ4n) is 1.35. The highest BCUT2D eigenvalue weighted by molar-refractivity contribution is 4.89. The van der Waals surface area contributed by atoms with E-state index in [-0.39, 0.29) is 6.04 Å². The molecule has 1 heterocycles. The summed E-state index contributed by atoms with van der Waals surface area (Å²) in [5.74, 6) is 1.31. The average Bonchev–Trinajstić information content (AvgIpc) is 2.71. The van der Waals surface area contributed by atoms with E-state index >= 15 is 0 Å². The second-order valence-electron chi connectivity index (χ2n) is 3.30. The number of nitrogens with one attached hydrogen (secondary N) is 1.